The van der Waals surface area contributed by atoms with E-state index in [4.69, 9.17) is 4.74 Å². The predicted molar refractivity (Wildman–Crippen MR) is 76.4 cm³/mol. The Morgan fingerprint density at radius 1 is 1.45 bits per heavy atom. The first-order chi connectivity index (χ1) is 9.63. The number of fused-ring (bicyclic) bond motifs is 1. The minimum absolute atomic E-state index is 0.0585. The average Bonchev–Trinajstić information content (AvgIpc) is 3.03. The summed E-state index contributed by atoms with van der Waals surface area (Å²) >= 11 is 3.47. The van der Waals surface area contributed by atoms with E-state index in [-0.39, 0.29) is 11.8 Å². The molecule has 0 unspecified atom stereocenters. The number of rotatable bonds is 3. The first-order valence-corrected chi connectivity index (χ1v) is 7.44. The van der Waals surface area contributed by atoms with Gasteiger partial charge in [0, 0.05) is 29.4 Å². The topological polar surface area (TPSA) is 67.4 Å². The van der Waals surface area contributed by atoms with Crippen molar-refractivity contribution in [3.05, 3.63) is 27.7 Å². The van der Waals surface area contributed by atoms with Gasteiger partial charge in [-0.3, -0.25) is 9.59 Å². The van der Waals surface area contributed by atoms with Crippen LogP contribution in [-0.2, 0) is 22.6 Å². The van der Waals surface area contributed by atoms with E-state index in [1.165, 1.54) is 0 Å². The summed E-state index contributed by atoms with van der Waals surface area (Å²) in [6, 6.07) is 3.60. The molecule has 0 bridgehead atoms. The summed E-state index contributed by atoms with van der Waals surface area (Å²) in [5.74, 6) is 0.684. The van der Waals surface area contributed by atoms with Gasteiger partial charge < -0.3 is 15.4 Å². The van der Waals surface area contributed by atoms with Crippen molar-refractivity contribution in [3.8, 4) is 5.75 Å². The molecule has 0 aliphatic carbocycles. The monoisotopic (exact) mass is 338 g/mol. The molecule has 0 saturated carbocycles. The fraction of sp³-hybridized carbons (Fsp3) is 0.429. The number of nitrogens with one attached hydrogen (secondary N) is 2. The van der Waals surface area contributed by atoms with Crippen LogP contribution in [0, 0.1) is 0 Å². The second kappa shape index (κ2) is 5.44. The second-order valence-electron chi connectivity index (χ2n) is 5.03. The first kappa shape index (κ1) is 13.4. The fourth-order valence-corrected chi connectivity index (χ4v) is 3.15. The van der Waals surface area contributed by atoms with Crippen LogP contribution >= 0.6 is 15.9 Å². The predicted octanol–water partition coefficient (Wildman–Crippen LogP) is 1.28. The molecule has 0 spiro atoms. The van der Waals surface area contributed by atoms with Gasteiger partial charge in [-0.15, -0.1) is 0 Å². The summed E-state index contributed by atoms with van der Waals surface area (Å²) in [6.45, 7) is 1.10. The van der Waals surface area contributed by atoms with Gasteiger partial charge in [0.2, 0.25) is 11.8 Å². The first-order valence-electron chi connectivity index (χ1n) is 6.64. The van der Waals surface area contributed by atoms with Crippen LogP contribution < -0.4 is 15.4 Å². The SMILES string of the molecule is O=C1CC[C@@H](C(=O)NCc2cc(Br)cc3c2OCC3)N1. The summed E-state index contributed by atoms with van der Waals surface area (Å²) < 4.78 is 6.60. The van der Waals surface area contributed by atoms with E-state index in [0.29, 0.717) is 26.0 Å². The maximum atomic E-state index is 12.0. The highest BCUT2D eigenvalue weighted by Crippen LogP contribution is 2.32. The molecule has 2 amide bonds. The largest absolute Gasteiger partial charge is 0.493 e. The highest BCUT2D eigenvalue weighted by Gasteiger charge is 2.27. The van der Waals surface area contributed by atoms with E-state index in [9.17, 15) is 9.59 Å². The Morgan fingerprint density at radius 2 is 2.30 bits per heavy atom. The third-order valence-corrected chi connectivity index (χ3v) is 4.05. The minimum atomic E-state index is -0.399. The van der Waals surface area contributed by atoms with Gasteiger partial charge in [-0.05, 0) is 24.1 Å². The number of ether oxygens (including phenoxy) is 1. The molecule has 2 heterocycles. The highest BCUT2D eigenvalue weighted by atomic mass is 79.9. The Kier molecular flexibility index (Phi) is 3.65. The molecule has 5 nitrogen and oxygen atoms in total. The summed E-state index contributed by atoms with van der Waals surface area (Å²) in [7, 11) is 0. The Balaban J connectivity index is 1.67. The molecule has 2 aliphatic heterocycles. The Hall–Kier alpha value is -1.56. The van der Waals surface area contributed by atoms with Crippen LogP contribution in [0.1, 0.15) is 24.0 Å². The summed E-state index contributed by atoms with van der Waals surface area (Å²) in [4.78, 5) is 23.1. The molecule has 20 heavy (non-hydrogen) atoms. The second-order valence-corrected chi connectivity index (χ2v) is 5.94. The molecule has 1 aromatic carbocycles. The molecular weight excluding hydrogens is 324 g/mol. The third-order valence-electron chi connectivity index (χ3n) is 3.59. The lowest BCUT2D eigenvalue weighted by Crippen LogP contribution is -2.41. The molecule has 2 N–H and O–H groups in total. The summed E-state index contributed by atoms with van der Waals surface area (Å²) in [5.41, 5.74) is 2.13. The lowest BCUT2D eigenvalue weighted by atomic mass is 10.1. The standard InChI is InChI=1S/C14H15BrN2O3/c15-10-5-8-3-4-20-13(8)9(6-10)7-16-14(19)11-1-2-12(18)17-11/h5-6,11H,1-4,7H2,(H,16,19)(H,17,18)/t11-/m0/s1. The van der Waals surface area contributed by atoms with Gasteiger partial charge in [-0.2, -0.15) is 0 Å². The van der Waals surface area contributed by atoms with Gasteiger partial charge in [-0.25, -0.2) is 0 Å². The van der Waals surface area contributed by atoms with Crippen LogP contribution in [0.3, 0.4) is 0 Å². The van der Waals surface area contributed by atoms with Crippen LogP contribution in [0.25, 0.3) is 0 Å². The lowest BCUT2D eigenvalue weighted by Gasteiger charge is -2.13. The van der Waals surface area contributed by atoms with Gasteiger partial charge in [0.05, 0.1) is 6.61 Å². The van der Waals surface area contributed by atoms with Crippen LogP contribution in [0.2, 0.25) is 0 Å². The van der Waals surface area contributed by atoms with Gasteiger partial charge >= 0.3 is 0 Å². The van der Waals surface area contributed by atoms with Crippen LogP contribution in [0.4, 0.5) is 0 Å². The Labute approximate surface area is 125 Å². The quantitative estimate of drug-likeness (QED) is 0.872. The zero-order valence-corrected chi connectivity index (χ0v) is 12.5. The molecule has 1 fully saturated rings. The number of hydrogen-bond donors (Lipinski definition) is 2. The number of halogens is 1. The lowest BCUT2D eigenvalue weighted by molar-refractivity contribution is -0.125. The van der Waals surface area contributed by atoms with E-state index in [2.05, 4.69) is 26.6 Å². The average molecular weight is 339 g/mol. The Bertz CT molecular complexity index is 574. The summed E-state index contributed by atoms with van der Waals surface area (Å²) in [5, 5.41) is 5.53. The van der Waals surface area contributed by atoms with Gasteiger partial charge in [-0.1, -0.05) is 15.9 Å². The zero-order chi connectivity index (χ0) is 14.1. The van der Waals surface area contributed by atoms with Crippen LogP contribution in [-0.4, -0.2) is 24.5 Å². The van der Waals surface area contributed by atoms with Gasteiger partial charge in [0.1, 0.15) is 11.8 Å². The fourth-order valence-electron chi connectivity index (χ4n) is 2.59. The van der Waals surface area contributed by atoms with Crippen LogP contribution in [0.15, 0.2) is 16.6 Å². The smallest absolute Gasteiger partial charge is 0.242 e. The molecule has 3 rings (SSSR count). The van der Waals surface area contributed by atoms with E-state index in [1.54, 1.807) is 0 Å². The van der Waals surface area contributed by atoms with Crippen molar-refractivity contribution < 1.29 is 14.3 Å². The van der Waals surface area contributed by atoms with Crippen molar-refractivity contribution in [1.82, 2.24) is 10.6 Å². The number of benzene rings is 1. The van der Waals surface area contributed by atoms with Crippen molar-refractivity contribution in [2.24, 2.45) is 0 Å². The molecule has 106 valence electrons. The van der Waals surface area contributed by atoms with Crippen molar-refractivity contribution in [2.45, 2.75) is 31.8 Å². The van der Waals surface area contributed by atoms with Gasteiger partial charge in [0.15, 0.2) is 0 Å². The number of carbonyl (C=O) groups excluding carboxylic acids is 2. The molecule has 0 radical (unpaired) electrons. The number of amides is 2. The van der Waals surface area contributed by atoms with Crippen molar-refractivity contribution in [1.29, 1.82) is 0 Å². The number of hydrogen-bond acceptors (Lipinski definition) is 3. The molecule has 6 heteroatoms. The van der Waals surface area contributed by atoms with Crippen molar-refractivity contribution in [2.75, 3.05) is 6.61 Å². The van der Waals surface area contributed by atoms with Crippen molar-refractivity contribution in [3.63, 3.8) is 0 Å². The zero-order valence-electron chi connectivity index (χ0n) is 10.9. The molecule has 1 saturated heterocycles. The summed E-state index contributed by atoms with van der Waals surface area (Å²) in [6.07, 6.45) is 1.89. The maximum absolute atomic E-state index is 12.0. The molecule has 2 aliphatic rings. The number of carbonyl (C=O) groups is 2. The van der Waals surface area contributed by atoms with Crippen LogP contribution in [0.5, 0.6) is 5.75 Å². The highest BCUT2D eigenvalue weighted by molar-refractivity contribution is 9.10. The van der Waals surface area contributed by atoms with E-state index in [1.807, 2.05) is 12.1 Å². The van der Waals surface area contributed by atoms with E-state index in [0.717, 1.165) is 27.8 Å². The van der Waals surface area contributed by atoms with E-state index < -0.39 is 6.04 Å². The molecular formula is C14H15BrN2O3. The third kappa shape index (κ3) is 2.65. The van der Waals surface area contributed by atoms with Crippen molar-refractivity contribution >= 4 is 27.7 Å². The minimum Gasteiger partial charge on any atom is -0.493 e. The molecule has 0 aromatic heterocycles. The Morgan fingerprint density at radius 3 is 3.05 bits per heavy atom. The maximum Gasteiger partial charge on any atom is 0.242 e. The molecule has 1 atom stereocenters. The van der Waals surface area contributed by atoms with E-state index >= 15 is 0 Å². The molecule has 1 aromatic rings. The van der Waals surface area contributed by atoms with Gasteiger partial charge in [0.25, 0.3) is 0 Å². The normalized spacial score (nSPS) is 20.2.